The maximum atomic E-state index is 13.0. The van der Waals surface area contributed by atoms with Gasteiger partial charge >= 0.3 is 6.03 Å². The molecule has 2 N–H and O–H groups in total. The summed E-state index contributed by atoms with van der Waals surface area (Å²) in [6.45, 7) is 0.601. The zero-order valence-corrected chi connectivity index (χ0v) is 18.0. The number of likely N-dealkylation sites (tertiary alicyclic amines) is 1. The lowest BCUT2D eigenvalue weighted by Gasteiger charge is -2.23. The largest absolute Gasteiger partial charge is 0.322 e. The van der Waals surface area contributed by atoms with E-state index in [2.05, 4.69) is 36.8 Å². The zero-order valence-electron chi connectivity index (χ0n) is 15.6. The summed E-state index contributed by atoms with van der Waals surface area (Å²) in [5, 5.41) is 14.5. The first-order valence-corrected chi connectivity index (χ1v) is 10.8. The highest BCUT2D eigenvalue weighted by atomic mass is 79.9. The summed E-state index contributed by atoms with van der Waals surface area (Å²) < 4.78 is 13.9. The molecule has 0 unspecified atom stereocenters. The van der Waals surface area contributed by atoms with Gasteiger partial charge in [-0.2, -0.15) is 0 Å². The Morgan fingerprint density at radius 1 is 1.03 bits per heavy atom. The van der Waals surface area contributed by atoms with Gasteiger partial charge < -0.3 is 15.5 Å². The molecule has 1 aromatic heterocycles. The minimum Gasteiger partial charge on any atom is -0.320 e. The number of anilines is 2. The summed E-state index contributed by atoms with van der Waals surface area (Å²) in [5.41, 5.74) is 1.17. The first-order valence-electron chi connectivity index (χ1n) is 9.23. The molecule has 0 saturated carbocycles. The highest BCUT2D eigenvalue weighted by molar-refractivity contribution is 9.10. The first kappa shape index (κ1) is 20.4. The molecule has 0 radical (unpaired) electrons. The molecular weight excluding hydrogens is 473 g/mol. The quantitative estimate of drug-likeness (QED) is 0.535. The lowest BCUT2D eigenvalue weighted by Crippen LogP contribution is -2.34. The molecular formula is C20H17BrFN5O2S. The number of nitrogens with one attached hydrogen (secondary N) is 2. The van der Waals surface area contributed by atoms with Crippen LogP contribution in [0.4, 0.5) is 20.6 Å². The van der Waals surface area contributed by atoms with Crippen molar-refractivity contribution in [2.24, 2.45) is 0 Å². The van der Waals surface area contributed by atoms with Crippen molar-refractivity contribution in [1.29, 1.82) is 0 Å². The molecule has 1 atom stereocenters. The Morgan fingerprint density at radius 3 is 2.43 bits per heavy atom. The van der Waals surface area contributed by atoms with Crippen LogP contribution in [-0.2, 0) is 0 Å². The van der Waals surface area contributed by atoms with Crippen molar-refractivity contribution < 1.29 is 14.0 Å². The van der Waals surface area contributed by atoms with Gasteiger partial charge in [-0.3, -0.25) is 4.79 Å². The molecule has 1 aliphatic rings. The van der Waals surface area contributed by atoms with Gasteiger partial charge in [-0.25, -0.2) is 9.18 Å². The van der Waals surface area contributed by atoms with Crippen molar-refractivity contribution in [3.05, 3.63) is 68.8 Å². The number of halogens is 2. The summed E-state index contributed by atoms with van der Waals surface area (Å²) in [7, 11) is 0. The molecule has 10 heteroatoms. The molecule has 7 nitrogen and oxygen atoms in total. The maximum Gasteiger partial charge on any atom is 0.322 e. The molecule has 30 heavy (non-hydrogen) atoms. The van der Waals surface area contributed by atoms with Crippen LogP contribution in [0.3, 0.4) is 0 Å². The Kier molecular flexibility index (Phi) is 6.05. The van der Waals surface area contributed by atoms with Crippen molar-refractivity contribution in [2.45, 2.75) is 18.9 Å². The number of hydrogen-bond acceptors (Lipinski definition) is 5. The Hall–Kier alpha value is -2.85. The van der Waals surface area contributed by atoms with Crippen LogP contribution in [0.15, 0.2) is 53.0 Å². The number of urea groups is 1. The number of amides is 3. The van der Waals surface area contributed by atoms with Crippen LogP contribution in [0.1, 0.15) is 33.7 Å². The van der Waals surface area contributed by atoms with E-state index in [1.165, 1.54) is 24.3 Å². The molecule has 2 aromatic carbocycles. The Balaban J connectivity index is 1.43. The normalized spacial score (nSPS) is 15.8. The summed E-state index contributed by atoms with van der Waals surface area (Å²) in [4.78, 5) is 26.9. The number of carbonyl (C=O) groups excluding carboxylic acids is 2. The number of nitrogens with zero attached hydrogens (tertiary/aromatic N) is 3. The summed E-state index contributed by atoms with van der Waals surface area (Å²) in [6, 6.07) is 12.4. The van der Waals surface area contributed by atoms with Gasteiger partial charge in [0.1, 0.15) is 10.8 Å². The molecule has 0 bridgehead atoms. The van der Waals surface area contributed by atoms with Gasteiger partial charge in [0.15, 0.2) is 0 Å². The van der Waals surface area contributed by atoms with Crippen LogP contribution < -0.4 is 10.6 Å². The van der Waals surface area contributed by atoms with Crippen LogP contribution in [-0.4, -0.2) is 33.6 Å². The maximum absolute atomic E-state index is 13.0. The van der Waals surface area contributed by atoms with Gasteiger partial charge in [-0.15, -0.1) is 10.2 Å². The van der Waals surface area contributed by atoms with E-state index in [1.54, 1.807) is 4.90 Å². The van der Waals surface area contributed by atoms with Crippen molar-refractivity contribution in [3.8, 4) is 0 Å². The van der Waals surface area contributed by atoms with E-state index in [4.69, 9.17) is 0 Å². The molecule has 0 aliphatic carbocycles. The summed E-state index contributed by atoms with van der Waals surface area (Å²) >= 11 is 4.52. The number of hydrogen-bond donors (Lipinski definition) is 2. The third-order valence-corrected chi connectivity index (χ3v) is 6.18. The molecule has 1 aliphatic heterocycles. The fourth-order valence-electron chi connectivity index (χ4n) is 3.17. The fourth-order valence-corrected chi connectivity index (χ4v) is 4.32. The standard InChI is InChI=1S/C20H17BrFN5O2S/c21-12-3-7-15(8-4-12)24-20(29)27-11-1-2-16(27)18-25-26-19(30-18)17(28)23-14-9-5-13(22)6-10-14/h3-10,16H,1-2,11H2,(H,23,28)(H,24,29)/t16-/m0/s1. The third kappa shape index (κ3) is 4.65. The highest BCUT2D eigenvalue weighted by Crippen LogP contribution is 2.34. The van der Waals surface area contributed by atoms with Gasteiger partial charge in [0.05, 0.1) is 6.04 Å². The Labute approximate surface area is 184 Å². The van der Waals surface area contributed by atoms with Gasteiger partial charge in [-0.05, 0) is 61.4 Å². The number of carbonyl (C=O) groups is 2. The van der Waals surface area contributed by atoms with Crippen molar-refractivity contribution in [1.82, 2.24) is 15.1 Å². The van der Waals surface area contributed by atoms with Gasteiger partial charge in [0.2, 0.25) is 5.01 Å². The molecule has 154 valence electrons. The molecule has 0 spiro atoms. The molecule has 1 saturated heterocycles. The molecule has 1 fully saturated rings. The van der Waals surface area contributed by atoms with E-state index in [9.17, 15) is 14.0 Å². The monoisotopic (exact) mass is 489 g/mol. The van der Waals surface area contributed by atoms with Gasteiger partial charge in [-0.1, -0.05) is 27.3 Å². The average Bonchev–Trinajstić information content (AvgIpc) is 3.40. The fraction of sp³-hybridized carbons (Fsp3) is 0.200. The van der Waals surface area contributed by atoms with Crippen LogP contribution in [0, 0.1) is 5.82 Å². The zero-order chi connectivity index (χ0) is 21.1. The third-order valence-electron chi connectivity index (χ3n) is 4.63. The lowest BCUT2D eigenvalue weighted by molar-refractivity contribution is 0.102. The number of rotatable bonds is 4. The van der Waals surface area contributed by atoms with E-state index in [-0.39, 0.29) is 22.9 Å². The second kappa shape index (κ2) is 8.88. The van der Waals surface area contributed by atoms with Crippen molar-refractivity contribution in [2.75, 3.05) is 17.2 Å². The lowest BCUT2D eigenvalue weighted by atomic mass is 10.2. The van der Waals surface area contributed by atoms with E-state index >= 15 is 0 Å². The average molecular weight is 490 g/mol. The minimum atomic E-state index is -0.422. The predicted molar refractivity (Wildman–Crippen MR) is 116 cm³/mol. The molecule has 4 rings (SSSR count). The van der Waals surface area contributed by atoms with Crippen molar-refractivity contribution >= 4 is 50.6 Å². The summed E-state index contributed by atoms with van der Waals surface area (Å²) in [5.74, 6) is -0.803. The minimum absolute atomic E-state index is 0.189. The number of benzene rings is 2. The SMILES string of the molecule is O=C(Nc1ccc(F)cc1)c1nnc([C@@H]2CCCN2C(=O)Nc2ccc(Br)cc2)s1. The Bertz CT molecular complexity index is 1060. The topological polar surface area (TPSA) is 87.2 Å². The molecule has 3 amide bonds. The van der Waals surface area contributed by atoms with E-state index in [1.807, 2.05) is 24.3 Å². The Morgan fingerprint density at radius 2 is 1.70 bits per heavy atom. The second-order valence-corrected chi connectivity index (χ2v) is 8.62. The number of aromatic nitrogens is 2. The van der Waals surface area contributed by atoms with Gasteiger partial charge in [0, 0.05) is 22.4 Å². The predicted octanol–water partition coefficient (Wildman–Crippen LogP) is 5.06. The molecule has 2 heterocycles. The van der Waals surface area contributed by atoms with Crippen LogP contribution in [0.5, 0.6) is 0 Å². The van der Waals surface area contributed by atoms with Crippen LogP contribution in [0.2, 0.25) is 0 Å². The highest BCUT2D eigenvalue weighted by Gasteiger charge is 2.33. The smallest absolute Gasteiger partial charge is 0.320 e. The van der Waals surface area contributed by atoms with Gasteiger partial charge in [0.25, 0.3) is 5.91 Å². The van der Waals surface area contributed by atoms with Crippen LogP contribution in [0.25, 0.3) is 0 Å². The second-order valence-electron chi connectivity index (χ2n) is 6.69. The summed E-state index contributed by atoms with van der Waals surface area (Å²) in [6.07, 6.45) is 1.59. The van der Waals surface area contributed by atoms with E-state index in [0.717, 1.165) is 28.7 Å². The van der Waals surface area contributed by atoms with E-state index < -0.39 is 5.91 Å². The van der Waals surface area contributed by atoms with Crippen LogP contribution >= 0.6 is 27.3 Å². The first-order chi connectivity index (χ1) is 14.5. The van der Waals surface area contributed by atoms with Crippen molar-refractivity contribution in [3.63, 3.8) is 0 Å². The van der Waals surface area contributed by atoms with E-state index in [0.29, 0.717) is 22.9 Å². The molecule has 3 aromatic rings.